The third-order valence-electron chi connectivity index (χ3n) is 3.66. The summed E-state index contributed by atoms with van der Waals surface area (Å²) < 4.78 is 26.4. The van der Waals surface area contributed by atoms with E-state index in [0.29, 0.717) is 6.54 Å². The van der Waals surface area contributed by atoms with Crippen LogP contribution in [0.1, 0.15) is 53.4 Å². The maximum Gasteiger partial charge on any atom is 0.211 e. The van der Waals surface area contributed by atoms with E-state index in [1.54, 1.807) is 0 Å². The molecule has 0 aromatic rings. The molecule has 0 radical (unpaired) electrons. The number of hydrogen-bond acceptors (Lipinski definition) is 3. The third kappa shape index (κ3) is 6.38. The van der Waals surface area contributed by atoms with E-state index in [-0.39, 0.29) is 11.7 Å². The molecule has 0 aromatic heterocycles. The van der Waals surface area contributed by atoms with Crippen LogP contribution < -0.4 is 10.5 Å². The summed E-state index contributed by atoms with van der Waals surface area (Å²) in [5.41, 5.74) is 5.66. The van der Waals surface area contributed by atoms with Gasteiger partial charge < -0.3 is 5.73 Å². The van der Waals surface area contributed by atoms with Crippen molar-refractivity contribution in [1.29, 1.82) is 0 Å². The molecule has 0 saturated heterocycles. The maximum absolute atomic E-state index is 11.9. The van der Waals surface area contributed by atoms with Crippen LogP contribution in [0.3, 0.4) is 0 Å². The van der Waals surface area contributed by atoms with E-state index in [1.807, 2.05) is 27.7 Å². The first-order chi connectivity index (χ1) is 7.82. The molecule has 104 valence electrons. The van der Waals surface area contributed by atoms with E-state index in [0.717, 1.165) is 25.7 Å². The Kier molecular flexibility index (Phi) is 7.28. The number of sulfonamides is 1. The Bertz CT molecular complexity index is 294. The Balaban J connectivity index is 4.36. The molecule has 0 bridgehead atoms. The Labute approximate surface area is 106 Å². The topological polar surface area (TPSA) is 72.2 Å². The molecule has 4 nitrogen and oxygen atoms in total. The summed E-state index contributed by atoms with van der Waals surface area (Å²) in [4.78, 5) is 0. The average molecular weight is 264 g/mol. The van der Waals surface area contributed by atoms with Crippen LogP contribution >= 0.6 is 0 Å². The maximum atomic E-state index is 11.9. The molecule has 0 aliphatic carbocycles. The minimum Gasteiger partial charge on any atom is -0.324 e. The van der Waals surface area contributed by atoms with Crippen LogP contribution in [-0.2, 0) is 10.0 Å². The Morgan fingerprint density at radius 3 is 1.94 bits per heavy atom. The van der Waals surface area contributed by atoms with Gasteiger partial charge >= 0.3 is 0 Å². The zero-order valence-corrected chi connectivity index (χ0v) is 12.4. The van der Waals surface area contributed by atoms with Crippen molar-refractivity contribution in [3.8, 4) is 0 Å². The van der Waals surface area contributed by atoms with Gasteiger partial charge in [0, 0.05) is 12.1 Å². The lowest BCUT2D eigenvalue weighted by molar-refractivity contribution is 0.390. The monoisotopic (exact) mass is 264 g/mol. The summed E-state index contributed by atoms with van der Waals surface area (Å²) in [6.45, 7) is 8.35. The minimum absolute atomic E-state index is 0.212. The normalized spacial score (nSPS) is 13.3. The van der Waals surface area contributed by atoms with Gasteiger partial charge in [0.15, 0.2) is 0 Å². The molecule has 0 saturated carbocycles. The summed E-state index contributed by atoms with van der Waals surface area (Å²) in [6, 6.07) is 0. The van der Waals surface area contributed by atoms with E-state index in [4.69, 9.17) is 5.73 Å². The molecule has 0 aromatic carbocycles. The molecular formula is C12H28N2O2S. The zero-order valence-electron chi connectivity index (χ0n) is 11.6. The molecule has 0 aliphatic rings. The number of nitrogens with two attached hydrogens (primary N) is 1. The van der Waals surface area contributed by atoms with Gasteiger partial charge in [0.05, 0.1) is 5.75 Å². The average Bonchev–Trinajstić information content (AvgIpc) is 2.33. The SMILES string of the molecule is CCC(CC)CS(=O)(=O)NCC(N)(CC)CC. The molecule has 0 amide bonds. The highest BCUT2D eigenvalue weighted by Crippen LogP contribution is 2.12. The van der Waals surface area contributed by atoms with E-state index in [9.17, 15) is 8.42 Å². The quantitative estimate of drug-likeness (QED) is 0.667. The van der Waals surface area contributed by atoms with Gasteiger partial charge in [0.25, 0.3) is 0 Å². The first-order valence-corrected chi connectivity index (χ1v) is 8.23. The third-order valence-corrected chi connectivity index (χ3v) is 5.16. The van der Waals surface area contributed by atoms with Crippen molar-refractivity contribution < 1.29 is 8.42 Å². The number of rotatable bonds is 9. The van der Waals surface area contributed by atoms with E-state index in [1.165, 1.54) is 0 Å². The lowest BCUT2D eigenvalue weighted by Gasteiger charge is -2.27. The van der Waals surface area contributed by atoms with Crippen molar-refractivity contribution >= 4 is 10.0 Å². The molecule has 0 spiro atoms. The van der Waals surface area contributed by atoms with Gasteiger partial charge in [0.1, 0.15) is 0 Å². The molecule has 3 N–H and O–H groups in total. The molecular weight excluding hydrogens is 236 g/mol. The predicted molar refractivity (Wildman–Crippen MR) is 73.4 cm³/mol. The van der Waals surface area contributed by atoms with Crippen molar-refractivity contribution in [2.45, 2.75) is 58.9 Å². The van der Waals surface area contributed by atoms with Crippen LogP contribution in [0, 0.1) is 5.92 Å². The second-order valence-corrected chi connectivity index (χ2v) is 6.71. The van der Waals surface area contributed by atoms with Gasteiger partial charge in [-0.05, 0) is 18.8 Å². The van der Waals surface area contributed by atoms with Gasteiger partial charge in [-0.1, -0.05) is 40.5 Å². The van der Waals surface area contributed by atoms with Crippen LogP contribution in [-0.4, -0.2) is 26.3 Å². The number of hydrogen-bond donors (Lipinski definition) is 2. The van der Waals surface area contributed by atoms with Crippen LogP contribution in [0.2, 0.25) is 0 Å². The second-order valence-electron chi connectivity index (χ2n) is 4.85. The fraction of sp³-hybridized carbons (Fsp3) is 1.00. The smallest absolute Gasteiger partial charge is 0.211 e. The summed E-state index contributed by atoms with van der Waals surface area (Å²) in [6.07, 6.45) is 3.34. The second kappa shape index (κ2) is 7.34. The van der Waals surface area contributed by atoms with Crippen molar-refractivity contribution in [2.75, 3.05) is 12.3 Å². The summed E-state index contributed by atoms with van der Waals surface area (Å²) in [5.74, 6) is 0.451. The fourth-order valence-electron chi connectivity index (χ4n) is 1.65. The van der Waals surface area contributed by atoms with Gasteiger partial charge in [-0.2, -0.15) is 0 Å². The van der Waals surface area contributed by atoms with Crippen molar-refractivity contribution in [1.82, 2.24) is 4.72 Å². The Morgan fingerprint density at radius 2 is 1.59 bits per heavy atom. The standard InChI is InChI=1S/C12H28N2O2S/c1-5-11(6-2)9-17(15,16)14-10-12(13,7-3)8-4/h11,14H,5-10,13H2,1-4H3. The Morgan fingerprint density at radius 1 is 1.12 bits per heavy atom. The summed E-state index contributed by atoms with van der Waals surface area (Å²) in [7, 11) is -3.19. The lowest BCUT2D eigenvalue weighted by Crippen LogP contribution is -2.49. The van der Waals surface area contributed by atoms with Crippen molar-refractivity contribution in [2.24, 2.45) is 11.7 Å². The van der Waals surface area contributed by atoms with Crippen molar-refractivity contribution in [3.05, 3.63) is 0 Å². The molecule has 0 unspecified atom stereocenters. The summed E-state index contributed by atoms with van der Waals surface area (Å²) >= 11 is 0. The van der Waals surface area contributed by atoms with Crippen LogP contribution in [0.15, 0.2) is 0 Å². The highest BCUT2D eigenvalue weighted by Gasteiger charge is 2.24. The first kappa shape index (κ1) is 16.9. The minimum atomic E-state index is -3.19. The number of nitrogens with one attached hydrogen (secondary N) is 1. The fourth-order valence-corrected chi connectivity index (χ4v) is 3.36. The van der Waals surface area contributed by atoms with Crippen molar-refractivity contribution in [3.63, 3.8) is 0 Å². The van der Waals surface area contributed by atoms with E-state index in [2.05, 4.69) is 4.72 Å². The molecule has 0 fully saturated rings. The molecule has 5 heteroatoms. The van der Waals surface area contributed by atoms with Gasteiger partial charge in [-0.15, -0.1) is 0 Å². The highest BCUT2D eigenvalue weighted by molar-refractivity contribution is 7.89. The van der Waals surface area contributed by atoms with Gasteiger partial charge in [-0.3, -0.25) is 0 Å². The van der Waals surface area contributed by atoms with Crippen LogP contribution in [0.25, 0.3) is 0 Å². The molecule has 0 rings (SSSR count). The summed E-state index contributed by atoms with van der Waals surface area (Å²) in [5, 5.41) is 0. The van der Waals surface area contributed by atoms with Crippen LogP contribution in [0.5, 0.6) is 0 Å². The highest BCUT2D eigenvalue weighted by atomic mass is 32.2. The van der Waals surface area contributed by atoms with Gasteiger partial charge in [0.2, 0.25) is 10.0 Å². The molecule has 0 heterocycles. The van der Waals surface area contributed by atoms with Gasteiger partial charge in [-0.25, -0.2) is 13.1 Å². The largest absolute Gasteiger partial charge is 0.324 e. The van der Waals surface area contributed by atoms with E-state index < -0.39 is 15.6 Å². The molecule has 17 heavy (non-hydrogen) atoms. The van der Waals surface area contributed by atoms with Crippen LogP contribution in [0.4, 0.5) is 0 Å². The van der Waals surface area contributed by atoms with E-state index >= 15 is 0 Å². The first-order valence-electron chi connectivity index (χ1n) is 6.58. The zero-order chi connectivity index (χ0) is 13.5. The lowest BCUT2D eigenvalue weighted by atomic mass is 9.95. The Hall–Kier alpha value is -0.130. The predicted octanol–water partition coefficient (Wildman–Crippen LogP) is 1.86. The molecule has 0 aliphatic heterocycles. The molecule has 0 atom stereocenters.